The summed E-state index contributed by atoms with van der Waals surface area (Å²) in [6.45, 7) is 5.01. The number of methoxy groups -OCH3 is 2. The Morgan fingerprint density at radius 1 is 1.03 bits per heavy atom. The number of thioether (sulfide) groups is 1. The lowest BCUT2D eigenvalue weighted by molar-refractivity contribution is -0.131. The highest BCUT2D eigenvalue weighted by Gasteiger charge is 2.27. The maximum Gasteiger partial charge on any atom is 0.227 e. The lowest BCUT2D eigenvalue weighted by atomic mass is 9.97. The maximum absolute atomic E-state index is 13.1. The van der Waals surface area contributed by atoms with Crippen LogP contribution in [0.2, 0.25) is 0 Å². The van der Waals surface area contributed by atoms with Crippen LogP contribution in [0.5, 0.6) is 11.5 Å². The van der Waals surface area contributed by atoms with Crippen molar-refractivity contribution >= 4 is 17.7 Å². The average molecular weight is 455 g/mol. The fraction of sp³-hybridized carbons (Fsp3) is 0.500. The normalized spacial score (nSPS) is 19.4. The van der Waals surface area contributed by atoms with E-state index in [1.807, 2.05) is 23.9 Å². The molecule has 0 aliphatic carbocycles. The van der Waals surface area contributed by atoms with Crippen LogP contribution in [0.15, 0.2) is 47.4 Å². The molecule has 2 aliphatic heterocycles. The van der Waals surface area contributed by atoms with Crippen LogP contribution in [0.3, 0.4) is 0 Å². The predicted octanol–water partition coefficient (Wildman–Crippen LogP) is 4.14. The van der Waals surface area contributed by atoms with Crippen molar-refractivity contribution in [3.05, 3.63) is 53.6 Å². The molecule has 2 aromatic rings. The van der Waals surface area contributed by atoms with Gasteiger partial charge < -0.3 is 19.3 Å². The van der Waals surface area contributed by atoms with E-state index >= 15 is 0 Å². The van der Waals surface area contributed by atoms with Gasteiger partial charge in [0.1, 0.15) is 0 Å². The number of hydrogen-bond acceptors (Lipinski definition) is 5. The maximum atomic E-state index is 13.1. The Balaban J connectivity index is 1.31. The minimum atomic E-state index is 0.229. The predicted molar refractivity (Wildman–Crippen MR) is 130 cm³/mol. The van der Waals surface area contributed by atoms with Crippen LogP contribution in [0, 0.1) is 5.92 Å². The Morgan fingerprint density at radius 3 is 2.53 bits per heavy atom. The topological polar surface area (TPSA) is 42.0 Å². The third-order valence-electron chi connectivity index (χ3n) is 6.55. The Kier molecular flexibility index (Phi) is 7.98. The number of benzene rings is 2. The molecule has 0 bridgehead atoms. The highest BCUT2D eigenvalue weighted by Crippen LogP contribution is 2.32. The van der Waals surface area contributed by atoms with Gasteiger partial charge >= 0.3 is 0 Å². The third kappa shape index (κ3) is 5.78. The molecule has 172 valence electrons. The van der Waals surface area contributed by atoms with Crippen LogP contribution in [0.25, 0.3) is 0 Å². The molecule has 2 heterocycles. The van der Waals surface area contributed by atoms with E-state index in [9.17, 15) is 4.79 Å². The van der Waals surface area contributed by atoms with Gasteiger partial charge in [-0.2, -0.15) is 0 Å². The van der Waals surface area contributed by atoms with Crippen molar-refractivity contribution in [2.75, 3.05) is 52.7 Å². The number of ether oxygens (including phenoxy) is 2. The molecule has 1 unspecified atom stereocenters. The van der Waals surface area contributed by atoms with E-state index in [2.05, 4.69) is 40.1 Å². The number of amides is 1. The quantitative estimate of drug-likeness (QED) is 0.561. The zero-order valence-electron chi connectivity index (χ0n) is 19.2. The van der Waals surface area contributed by atoms with Gasteiger partial charge in [0.05, 0.1) is 20.6 Å². The molecule has 2 aliphatic rings. The molecule has 0 aromatic heterocycles. The van der Waals surface area contributed by atoms with E-state index < -0.39 is 0 Å². The van der Waals surface area contributed by atoms with Crippen molar-refractivity contribution in [3.8, 4) is 11.5 Å². The first-order chi connectivity index (χ1) is 15.7. The molecule has 4 rings (SSSR count). The summed E-state index contributed by atoms with van der Waals surface area (Å²) >= 11 is 1.93. The summed E-state index contributed by atoms with van der Waals surface area (Å²) in [6, 6.07) is 14.6. The second-order valence-electron chi connectivity index (χ2n) is 8.71. The number of hydrogen-bond donors (Lipinski definition) is 0. The Bertz CT molecular complexity index is 905. The van der Waals surface area contributed by atoms with Crippen molar-refractivity contribution in [3.63, 3.8) is 0 Å². The van der Waals surface area contributed by atoms with Gasteiger partial charge in [-0.3, -0.25) is 4.79 Å². The van der Waals surface area contributed by atoms with Gasteiger partial charge in [-0.25, -0.2) is 0 Å². The second-order valence-corrected chi connectivity index (χ2v) is 9.88. The van der Waals surface area contributed by atoms with Gasteiger partial charge in [0, 0.05) is 36.8 Å². The molecule has 1 fully saturated rings. The Labute approximate surface area is 196 Å². The summed E-state index contributed by atoms with van der Waals surface area (Å²) in [6.07, 6.45) is 3.74. The largest absolute Gasteiger partial charge is 0.493 e. The minimum Gasteiger partial charge on any atom is -0.493 e. The van der Waals surface area contributed by atoms with Crippen molar-refractivity contribution in [2.24, 2.45) is 5.92 Å². The molecule has 5 nitrogen and oxygen atoms in total. The van der Waals surface area contributed by atoms with Crippen LogP contribution >= 0.6 is 11.8 Å². The van der Waals surface area contributed by atoms with E-state index in [0.717, 1.165) is 49.7 Å². The Morgan fingerprint density at radius 2 is 1.78 bits per heavy atom. The van der Waals surface area contributed by atoms with E-state index in [1.54, 1.807) is 14.2 Å². The molecular formula is C26H34N2O3S. The molecule has 32 heavy (non-hydrogen) atoms. The van der Waals surface area contributed by atoms with Gasteiger partial charge in [0.2, 0.25) is 5.91 Å². The zero-order chi connectivity index (χ0) is 22.3. The number of fused-ring (bicyclic) bond motifs is 1. The summed E-state index contributed by atoms with van der Waals surface area (Å²) in [5.41, 5.74) is 2.26. The third-order valence-corrected chi connectivity index (χ3v) is 7.54. The summed E-state index contributed by atoms with van der Waals surface area (Å²) in [7, 11) is 3.30. The van der Waals surface area contributed by atoms with Gasteiger partial charge in [0.15, 0.2) is 11.5 Å². The number of likely N-dealkylation sites (tertiary alicyclic amines) is 1. The minimum absolute atomic E-state index is 0.229. The fourth-order valence-corrected chi connectivity index (χ4v) is 5.77. The lowest BCUT2D eigenvalue weighted by Crippen LogP contribution is -2.44. The van der Waals surface area contributed by atoms with Gasteiger partial charge in [-0.1, -0.05) is 18.2 Å². The number of rotatable bonds is 8. The molecular weight excluding hydrogens is 420 g/mol. The second kappa shape index (κ2) is 11.1. The first-order valence-electron chi connectivity index (χ1n) is 11.6. The number of carbonyl (C=O) groups excluding carboxylic acids is 1. The van der Waals surface area contributed by atoms with E-state index in [0.29, 0.717) is 18.1 Å². The van der Waals surface area contributed by atoms with Crippen molar-refractivity contribution in [2.45, 2.75) is 30.6 Å². The SMILES string of the molecule is COc1cc2c(cc1OC)CC(=O)N(CC1CCCN(CCSc3ccccc3)C1)CC2. The van der Waals surface area contributed by atoms with Crippen molar-refractivity contribution in [1.82, 2.24) is 9.80 Å². The molecule has 2 aromatic carbocycles. The van der Waals surface area contributed by atoms with Crippen LogP contribution in [-0.4, -0.2) is 68.4 Å². The number of carbonyl (C=O) groups is 1. The zero-order valence-corrected chi connectivity index (χ0v) is 20.0. The van der Waals surface area contributed by atoms with E-state index in [-0.39, 0.29) is 5.91 Å². The molecule has 0 N–H and O–H groups in total. The fourth-order valence-electron chi connectivity index (χ4n) is 4.83. The summed E-state index contributed by atoms with van der Waals surface area (Å²) in [5.74, 6) is 3.33. The van der Waals surface area contributed by atoms with Gasteiger partial charge in [-0.15, -0.1) is 11.8 Å². The molecule has 0 spiro atoms. The van der Waals surface area contributed by atoms with Crippen LogP contribution in [0.1, 0.15) is 24.0 Å². The standard InChI is InChI=1S/C26H34N2O3S/c1-30-24-15-21-10-12-28(26(29)17-22(21)16-25(24)31-2)19-20-7-6-11-27(18-20)13-14-32-23-8-4-3-5-9-23/h3-5,8-9,15-16,20H,6-7,10-14,17-19H2,1-2H3. The van der Waals surface area contributed by atoms with Gasteiger partial charge in [-0.05, 0) is 67.1 Å². The molecule has 0 radical (unpaired) electrons. The summed E-state index contributed by atoms with van der Waals surface area (Å²) in [4.78, 5) is 19.1. The van der Waals surface area contributed by atoms with Crippen LogP contribution in [0.4, 0.5) is 0 Å². The summed E-state index contributed by atoms with van der Waals surface area (Å²) < 4.78 is 10.9. The van der Waals surface area contributed by atoms with E-state index in [1.165, 1.54) is 29.8 Å². The number of piperidine rings is 1. The molecule has 6 heteroatoms. The molecule has 1 amide bonds. The van der Waals surface area contributed by atoms with Crippen LogP contribution < -0.4 is 9.47 Å². The van der Waals surface area contributed by atoms with Crippen molar-refractivity contribution < 1.29 is 14.3 Å². The molecule has 1 atom stereocenters. The number of nitrogens with zero attached hydrogens (tertiary/aromatic N) is 2. The summed E-state index contributed by atoms with van der Waals surface area (Å²) in [5, 5.41) is 0. The molecule has 0 saturated carbocycles. The first kappa shape index (κ1) is 23.0. The van der Waals surface area contributed by atoms with Crippen molar-refractivity contribution in [1.29, 1.82) is 0 Å². The highest BCUT2D eigenvalue weighted by molar-refractivity contribution is 7.99. The smallest absolute Gasteiger partial charge is 0.227 e. The Hall–Kier alpha value is -2.18. The van der Waals surface area contributed by atoms with E-state index in [4.69, 9.17) is 9.47 Å². The highest BCUT2D eigenvalue weighted by atomic mass is 32.2. The lowest BCUT2D eigenvalue weighted by Gasteiger charge is -2.35. The molecule has 1 saturated heterocycles. The monoisotopic (exact) mass is 454 g/mol. The average Bonchev–Trinajstić information content (AvgIpc) is 2.97. The van der Waals surface area contributed by atoms with Crippen LogP contribution in [-0.2, 0) is 17.6 Å². The first-order valence-corrected chi connectivity index (χ1v) is 12.6. The van der Waals surface area contributed by atoms with Gasteiger partial charge in [0.25, 0.3) is 0 Å².